The predicted molar refractivity (Wildman–Crippen MR) is 83.8 cm³/mol. The molecule has 2 aromatic rings. The molecular weight excluding hydrogens is 286 g/mol. The highest BCUT2D eigenvalue weighted by Gasteiger charge is 2.21. The van der Waals surface area contributed by atoms with E-state index >= 15 is 0 Å². The Kier molecular flexibility index (Phi) is 4.22. The van der Waals surface area contributed by atoms with Gasteiger partial charge in [-0.15, -0.1) is 0 Å². The number of hydrogen-bond acceptors (Lipinski definition) is 3. The first-order valence-corrected chi connectivity index (χ1v) is 7.69. The monoisotopic (exact) mass is 305 g/mol. The maximum atomic E-state index is 6.17. The van der Waals surface area contributed by atoms with E-state index in [4.69, 9.17) is 20.8 Å². The molecule has 112 valence electrons. The normalized spacial score (nSPS) is 14.4. The molecule has 0 spiro atoms. The molecule has 3 rings (SSSR count). The van der Waals surface area contributed by atoms with E-state index in [0.717, 1.165) is 34.2 Å². The van der Waals surface area contributed by atoms with Crippen LogP contribution in [0.4, 0.5) is 0 Å². The Bertz CT molecular complexity index is 608. The molecular formula is C17H20ClNO2. The van der Waals surface area contributed by atoms with Gasteiger partial charge < -0.3 is 14.5 Å². The maximum Gasteiger partial charge on any atom is 0.146 e. The zero-order valence-corrected chi connectivity index (χ0v) is 13.2. The number of furan rings is 1. The van der Waals surface area contributed by atoms with Crippen molar-refractivity contribution >= 4 is 11.6 Å². The first-order valence-electron chi connectivity index (χ1n) is 7.31. The molecule has 0 amide bonds. The largest absolute Gasteiger partial charge is 0.486 e. The first kappa shape index (κ1) is 14.5. The third kappa shape index (κ3) is 3.60. The van der Waals surface area contributed by atoms with E-state index in [1.54, 1.807) is 6.26 Å². The SMILES string of the molecule is Cc1cc(OCc2occc2CNC2CC2)cc(C)c1Cl. The fraction of sp³-hybridized carbons (Fsp3) is 0.412. The minimum absolute atomic E-state index is 0.440. The maximum absolute atomic E-state index is 6.17. The van der Waals surface area contributed by atoms with Crippen molar-refractivity contribution in [1.82, 2.24) is 5.32 Å². The van der Waals surface area contributed by atoms with Crippen LogP contribution < -0.4 is 10.1 Å². The third-order valence-electron chi connectivity index (χ3n) is 3.78. The quantitative estimate of drug-likeness (QED) is 0.860. The molecule has 1 heterocycles. The molecule has 1 aliphatic carbocycles. The van der Waals surface area contributed by atoms with E-state index < -0.39 is 0 Å². The van der Waals surface area contributed by atoms with E-state index in [9.17, 15) is 0 Å². The van der Waals surface area contributed by atoms with Gasteiger partial charge in [-0.3, -0.25) is 0 Å². The van der Waals surface area contributed by atoms with Gasteiger partial charge in [0.15, 0.2) is 0 Å². The molecule has 4 heteroatoms. The molecule has 1 aromatic heterocycles. The second-order valence-corrected chi connectivity index (χ2v) is 6.06. The summed E-state index contributed by atoms with van der Waals surface area (Å²) in [4.78, 5) is 0. The van der Waals surface area contributed by atoms with Crippen LogP contribution in [0.2, 0.25) is 5.02 Å². The van der Waals surface area contributed by atoms with Crippen LogP contribution in [0.1, 0.15) is 35.3 Å². The van der Waals surface area contributed by atoms with E-state index in [2.05, 4.69) is 5.32 Å². The fourth-order valence-corrected chi connectivity index (χ4v) is 2.44. The van der Waals surface area contributed by atoms with Crippen LogP contribution >= 0.6 is 11.6 Å². The van der Waals surface area contributed by atoms with Crippen LogP contribution in [0.5, 0.6) is 5.75 Å². The molecule has 0 radical (unpaired) electrons. The smallest absolute Gasteiger partial charge is 0.146 e. The number of rotatable bonds is 6. The Hall–Kier alpha value is -1.45. The van der Waals surface area contributed by atoms with Crippen molar-refractivity contribution in [2.75, 3.05) is 0 Å². The Morgan fingerprint density at radius 1 is 1.29 bits per heavy atom. The average molecular weight is 306 g/mol. The van der Waals surface area contributed by atoms with Crippen LogP contribution in [-0.4, -0.2) is 6.04 Å². The standard InChI is InChI=1S/C17H20ClNO2/c1-11-7-15(8-12(2)17(11)18)21-10-16-13(5-6-20-16)9-19-14-3-4-14/h5-8,14,19H,3-4,9-10H2,1-2H3. The number of benzene rings is 1. The summed E-state index contributed by atoms with van der Waals surface area (Å²) < 4.78 is 11.4. The predicted octanol–water partition coefficient (Wildman–Crippen LogP) is 4.38. The molecule has 0 atom stereocenters. The Morgan fingerprint density at radius 2 is 2.00 bits per heavy atom. The van der Waals surface area contributed by atoms with Gasteiger partial charge in [-0.25, -0.2) is 0 Å². The number of nitrogens with one attached hydrogen (secondary N) is 1. The van der Waals surface area contributed by atoms with Crippen molar-refractivity contribution in [3.63, 3.8) is 0 Å². The van der Waals surface area contributed by atoms with Crippen molar-refractivity contribution < 1.29 is 9.15 Å². The van der Waals surface area contributed by atoms with Gasteiger partial charge >= 0.3 is 0 Å². The van der Waals surface area contributed by atoms with Gasteiger partial charge in [0.1, 0.15) is 18.1 Å². The van der Waals surface area contributed by atoms with Crippen molar-refractivity contribution in [2.24, 2.45) is 0 Å². The number of hydrogen-bond donors (Lipinski definition) is 1. The minimum atomic E-state index is 0.440. The molecule has 3 nitrogen and oxygen atoms in total. The highest BCUT2D eigenvalue weighted by molar-refractivity contribution is 6.32. The molecule has 1 saturated carbocycles. The molecule has 0 aliphatic heterocycles. The van der Waals surface area contributed by atoms with Gasteiger partial charge in [-0.05, 0) is 56.0 Å². The second-order valence-electron chi connectivity index (χ2n) is 5.68. The lowest BCUT2D eigenvalue weighted by Crippen LogP contribution is -2.16. The van der Waals surface area contributed by atoms with Gasteiger partial charge in [-0.1, -0.05) is 11.6 Å². The lowest BCUT2D eigenvalue weighted by Gasteiger charge is -2.10. The van der Waals surface area contributed by atoms with Gasteiger partial charge in [0.05, 0.1) is 6.26 Å². The first-order chi connectivity index (χ1) is 10.1. The lowest BCUT2D eigenvalue weighted by atomic mass is 10.1. The van der Waals surface area contributed by atoms with E-state index in [-0.39, 0.29) is 0 Å². The summed E-state index contributed by atoms with van der Waals surface area (Å²) in [7, 11) is 0. The summed E-state index contributed by atoms with van der Waals surface area (Å²) in [6.45, 7) is 5.26. The molecule has 0 saturated heterocycles. The molecule has 1 fully saturated rings. The van der Waals surface area contributed by atoms with E-state index in [0.29, 0.717) is 12.6 Å². The summed E-state index contributed by atoms with van der Waals surface area (Å²) in [6, 6.07) is 6.61. The highest BCUT2D eigenvalue weighted by atomic mass is 35.5. The molecule has 0 bridgehead atoms. The van der Waals surface area contributed by atoms with E-state index in [1.165, 1.54) is 18.4 Å². The van der Waals surface area contributed by atoms with Gasteiger partial charge in [-0.2, -0.15) is 0 Å². The van der Waals surface area contributed by atoms with Crippen molar-refractivity contribution in [3.8, 4) is 5.75 Å². The van der Waals surface area contributed by atoms with Crippen LogP contribution in [0.15, 0.2) is 28.9 Å². The average Bonchev–Trinajstić information content (AvgIpc) is 3.18. The molecule has 1 aliphatic rings. The van der Waals surface area contributed by atoms with Crippen molar-refractivity contribution in [1.29, 1.82) is 0 Å². The van der Waals surface area contributed by atoms with Crippen molar-refractivity contribution in [2.45, 2.75) is 45.9 Å². The fourth-order valence-electron chi connectivity index (χ4n) is 2.33. The number of aryl methyl sites for hydroxylation is 2. The topological polar surface area (TPSA) is 34.4 Å². The second kappa shape index (κ2) is 6.12. The Balaban J connectivity index is 1.63. The molecule has 0 unspecified atom stereocenters. The van der Waals surface area contributed by atoms with Crippen molar-refractivity contribution in [3.05, 3.63) is 51.9 Å². The van der Waals surface area contributed by atoms with Gasteiger partial charge in [0.2, 0.25) is 0 Å². The zero-order valence-electron chi connectivity index (χ0n) is 12.4. The summed E-state index contributed by atoms with van der Waals surface area (Å²) in [5, 5.41) is 4.29. The van der Waals surface area contributed by atoms with Gasteiger partial charge in [0, 0.05) is 23.2 Å². The van der Waals surface area contributed by atoms with E-state index in [1.807, 2.05) is 32.0 Å². The Labute approximate surface area is 130 Å². The van der Waals surface area contributed by atoms with Crippen LogP contribution in [-0.2, 0) is 13.2 Å². The summed E-state index contributed by atoms with van der Waals surface area (Å²) in [5.74, 6) is 1.71. The number of ether oxygens (including phenoxy) is 1. The van der Waals surface area contributed by atoms with Crippen LogP contribution in [0.3, 0.4) is 0 Å². The van der Waals surface area contributed by atoms with Crippen LogP contribution in [0, 0.1) is 13.8 Å². The Morgan fingerprint density at radius 3 is 2.67 bits per heavy atom. The molecule has 1 N–H and O–H groups in total. The lowest BCUT2D eigenvalue weighted by molar-refractivity contribution is 0.268. The van der Waals surface area contributed by atoms with Crippen LogP contribution in [0.25, 0.3) is 0 Å². The minimum Gasteiger partial charge on any atom is -0.486 e. The van der Waals surface area contributed by atoms with Gasteiger partial charge in [0.25, 0.3) is 0 Å². The summed E-state index contributed by atoms with van der Waals surface area (Å²) in [6.07, 6.45) is 4.29. The summed E-state index contributed by atoms with van der Waals surface area (Å²) >= 11 is 6.17. The summed E-state index contributed by atoms with van der Waals surface area (Å²) in [5.41, 5.74) is 3.23. The number of halogens is 1. The zero-order chi connectivity index (χ0) is 14.8. The molecule has 21 heavy (non-hydrogen) atoms. The molecule has 1 aromatic carbocycles. The highest BCUT2D eigenvalue weighted by Crippen LogP contribution is 2.27. The third-order valence-corrected chi connectivity index (χ3v) is 4.37.